The molecule has 3 N–H and O–H groups in total. The predicted molar refractivity (Wildman–Crippen MR) is 65.1 cm³/mol. The summed E-state index contributed by atoms with van der Waals surface area (Å²) >= 11 is 5.66. The van der Waals surface area contributed by atoms with Crippen LogP contribution in [0, 0.1) is 0 Å². The second kappa shape index (κ2) is 5.02. The Morgan fingerprint density at radius 3 is 2.33 bits per heavy atom. The minimum Gasteiger partial charge on any atom is -0.398 e. The maximum Gasteiger partial charge on any atom is 0.398 e. The minimum absolute atomic E-state index is 0.00938. The quantitative estimate of drug-likeness (QED) is 0.623. The first-order chi connectivity index (χ1) is 8.04. The van der Waals surface area contributed by atoms with E-state index in [1.165, 1.54) is 6.07 Å². The number of halogens is 1. The first-order valence-electron chi connectivity index (χ1n) is 4.48. The molecule has 7 nitrogen and oxygen atoms in total. The highest BCUT2D eigenvalue weighted by atomic mass is 35.5. The zero-order valence-electron chi connectivity index (χ0n) is 9.07. The molecule has 0 bridgehead atoms. The summed E-state index contributed by atoms with van der Waals surface area (Å²) in [6, 6.07) is 3.48. The summed E-state index contributed by atoms with van der Waals surface area (Å²) in [6.45, 7) is 0.966. The van der Waals surface area contributed by atoms with Crippen LogP contribution in [0.5, 0.6) is 0 Å². The van der Waals surface area contributed by atoms with E-state index in [0.717, 1.165) is 19.1 Å². The van der Waals surface area contributed by atoms with Gasteiger partial charge in [-0.2, -0.15) is 8.42 Å². The van der Waals surface area contributed by atoms with Gasteiger partial charge in [-0.3, -0.25) is 4.55 Å². The van der Waals surface area contributed by atoms with E-state index in [1.54, 1.807) is 0 Å². The van der Waals surface area contributed by atoms with Gasteiger partial charge in [0.1, 0.15) is 0 Å². The topological polar surface area (TPSA) is 124 Å². The lowest BCUT2D eigenvalue weighted by Crippen LogP contribution is -2.24. The number of anilines is 1. The molecule has 1 unspecified atom stereocenters. The SMILES string of the molecule is CC(OS(=O)(=O)O)S(=O)(=O)c1ccc(N)c(Cl)c1. The van der Waals surface area contributed by atoms with Crippen molar-refractivity contribution in [2.45, 2.75) is 17.3 Å². The van der Waals surface area contributed by atoms with Gasteiger partial charge in [0.25, 0.3) is 0 Å². The maximum atomic E-state index is 11.9. The van der Waals surface area contributed by atoms with E-state index < -0.39 is 25.7 Å². The molecule has 0 aromatic heterocycles. The Hall–Kier alpha value is -0.870. The predicted octanol–water partition coefficient (Wildman–Crippen LogP) is 0.861. The van der Waals surface area contributed by atoms with E-state index in [0.29, 0.717) is 0 Å². The van der Waals surface area contributed by atoms with Gasteiger partial charge >= 0.3 is 10.4 Å². The number of nitrogen functional groups attached to an aromatic ring is 1. The highest BCUT2D eigenvalue weighted by Crippen LogP contribution is 2.25. The average molecular weight is 316 g/mol. The van der Waals surface area contributed by atoms with E-state index in [2.05, 4.69) is 4.18 Å². The second-order valence-electron chi connectivity index (χ2n) is 3.32. The molecule has 102 valence electrons. The number of nitrogens with two attached hydrogens (primary N) is 1. The van der Waals surface area contributed by atoms with Gasteiger partial charge in [0.05, 0.1) is 15.6 Å². The Balaban J connectivity index is 3.17. The van der Waals surface area contributed by atoms with Crippen molar-refractivity contribution in [3.8, 4) is 0 Å². The molecule has 1 rings (SSSR count). The molecule has 1 atom stereocenters. The standard InChI is InChI=1S/C8H10ClNO6S2/c1-5(16-18(13,14)15)17(11,12)6-2-3-8(10)7(9)4-6/h2-5H,10H2,1H3,(H,13,14,15). The minimum atomic E-state index is -4.87. The van der Waals surface area contributed by atoms with E-state index in [-0.39, 0.29) is 15.6 Å². The van der Waals surface area contributed by atoms with Crippen LogP contribution in [0.15, 0.2) is 23.1 Å². The Labute approximate surface area is 109 Å². The molecule has 1 aromatic rings. The molecule has 1 aromatic carbocycles. The molecule has 0 saturated heterocycles. The number of benzene rings is 1. The first-order valence-corrected chi connectivity index (χ1v) is 7.77. The van der Waals surface area contributed by atoms with Crippen LogP contribution in [-0.2, 0) is 24.4 Å². The summed E-state index contributed by atoms with van der Waals surface area (Å²) < 4.78 is 57.1. The molecule has 18 heavy (non-hydrogen) atoms. The fraction of sp³-hybridized carbons (Fsp3) is 0.250. The van der Waals surface area contributed by atoms with Crippen molar-refractivity contribution >= 4 is 37.5 Å². The van der Waals surface area contributed by atoms with E-state index in [1.807, 2.05) is 0 Å². The molecule has 0 saturated carbocycles. The van der Waals surface area contributed by atoms with Gasteiger partial charge in [-0.15, -0.1) is 0 Å². The van der Waals surface area contributed by atoms with Crippen LogP contribution in [0.25, 0.3) is 0 Å². The van der Waals surface area contributed by atoms with Crippen molar-refractivity contribution in [2.75, 3.05) is 5.73 Å². The third-order valence-electron chi connectivity index (χ3n) is 1.99. The smallest absolute Gasteiger partial charge is 0.398 e. The summed E-state index contributed by atoms with van der Waals surface area (Å²) in [5.74, 6) is 0. The van der Waals surface area contributed by atoms with Gasteiger partial charge in [0.15, 0.2) is 5.44 Å². The van der Waals surface area contributed by atoms with Crippen molar-refractivity contribution in [3.63, 3.8) is 0 Å². The van der Waals surface area contributed by atoms with E-state index >= 15 is 0 Å². The molecule has 0 fully saturated rings. The Bertz CT molecular complexity index is 654. The molecule has 0 heterocycles. The molecule has 0 radical (unpaired) electrons. The Kier molecular flexibility index (Phi) is 4.23. The lowest BCUT2D eigenvalue weighted by Gasteiger charge is -2.12. The van der Waals surface area contributed by atoms with E-state index in [9.17, 15) is 16.8 Å². The number of rotatable bonds is 4. The molecular weight excluding hydrogens is 306 g/mol. The largest absolute Gasteiger partial charge is 0.398 e. The third-order valence-corrected chi connectivity index (χ3v) is 4.86. The van der Waals surface area contributed by atoms with Gasteiger partial charge < -0.3 is 5.73 Å². The second-order valence-corrected chi connectivity index (χ2v) is 7.00. The van der Waals surface area contributed by atoms with Gasteiger partial charge in [-0.25, -0.2) is 12.6 Å². The Morgan fingerprint density at radius 1 is 1.33 bits per heavy atom. The lowest BCUT2D eigenvalue weighted by atomic mass is 10.3. The van der Waals surface area contributed by atoms with Crippen molar-refractivity contribution in [3.05, 3.63) is 23.2 Å². The number of hydrogen-bond acceptors (Lipinski definition) is 6. The molecule has 0 amide bonds. The summed E-state index contributed by atoms with van der Waals surface area (Å²) in [5, 5.41) is 0.00938. The summed E-state index contributed by atoms with van der Waals surface area (Å²) in [6.07, 6.45) is 0. The van der Waals surface area contributed by atoms with Crippen LogP contribution in [0.3, 0.4) is 0 Å². The fourth-order valence-corrected chi connectivity index (χ4v) is 3.32. The van der Waals surface area contributed by atoms with Crippen LogP contribution in [0.4, 0.5) is 5.69 Å². The zero-order chi connectivity index (χ0) is 14.1. The zero-order valence-corrected chi connectivity index (χ0v) is 11.5. The molecule has 0 aliphatic heterocycles. The summed E-state index contributed by atoms with van der Waals surface area (Å²) in [7, 11) is -8.98. The molecule has 0 aliphatic carbocycles. The van der Waals surface area contributed by atoms with Crippen LogP contribution < -0.4 is 5.73 Å². The lowest BCUT2D eigenvalue weighted by molar-refractivity contribution is 0.251. The van der Waals surface area contributed by atoms with Crippen LogP contribution in [0.1, 0.15) is 6.92 Å². The number of sulfone groups is 1. The highest BCUT2D eigenvalue weighted by molar-refractivity contribution is 7.92. The van der Waals surface area contributed by atoms with Crippen molar-refractivity contribution < 1.29 is 25.6 Å². The van der Waals surface area contributed by atoms with Gasteiger partial charge in [-0.05, 0) is 25.1 Å². The van der Waals surface area contributed by atoms with Crippen molar-refractivity contribution in [2.24, 2.45) is 0 Å². The normalized spacial score (nSPS) is 14.4. The Morgan fingerprint density at radius 2 is 1.89 bits per heavy atom. The average Bonchev–Trinajstić information content (AvgIpc) is 2.19. The van der Waals surface area contributed by atoms with Crippen molar-refractivity contribution in [1.29, 1.82) is 0 Å². The van der Waals surface area contributed by atoms with Crippen LogP contribution in [0.2, 0.25) is 5.02 Å². The molecule has 0 aliphatic rings. The van der Waals surface area contributed by atoms with Crippen LogP contribution in [-0.4, -0.2) is 26.8 Å². The third kappa shape index (κ3) is 3.56. The van der Waals surface area contributed by atoms with Gasteiger partial charge in [0.2, 0.25) is 9.84 Å². The van der Waals surface area contributed by atoms with E-state index in [4.69, 9.17) is 21.9 Å². The van der Waals surface area contributed by atoms with Crippen molar-refractivity contribution in [1.82, 2.24) is 0 Å². The fourth-order valence-electron chi connectivity index (χ4n) is 1.10. The summed E-state index contributed by atoms with van der Waals surface area (Å²) in [4.78, 5) is -0.266. The first kappa shape index (κ1) is 15.2. The van der Waals surface area contributed by atoms with Crippen LogP contribution >= 0.6 is 11.6 Å². The monoisotopic (exact) mass is 315 g/mol. The summed E-state index contributed by atoms with van der Waals surface area (Å²) in [5.41, 5.74) is 3.81. The molecular formula is C8H10ClNO6S2. The maximum absolute atomic E-state index is 11.9. The molecule has 10 heteroatoms. The highest BCUT2D eigenvalue weighted by Gasteiger charge is 2.28. The number of hydrogen-bond donors (Lipinski definition) is 2. The van der Waals surface area contributed by atoms with Gasteiger partial charge in [0, 0.05) is 0 Å². The molecule has 0 spiro atoms. The van der Waals surface area contributed by atoms with Gasteiger partial charge in [-0.1, -0.05) is 11.6 Å².